The van der Waals surface area contributed by atoms with Gasteiger partial charge in [0.1, 0.15) is 11.5 Å². The number of para-hydroxylation sites is 1. The molecule has 0 spiro atoms. The number of nitrogen functional groups attached to an aromatic ring is 1. The molecule has 1 heterocycles. The second-order valence-electron chi connectivity index (χ2n) is 5.03. The third kappa shape index (κ3) is 4.26. The van der Waals surface area contributed by atoms with Crippen molar-refractivity contribution < 1.29 is 9.47 Å². The highest BCUT2D eigenvalue weighted by Gasteiger charge is 2.15. The van der Waals surface area contributed by atoms with Gasteiger partial charge in [-0.25, -0.2) is 4.68 Å². The number of thioether (sulfide) groups is 1. The highest BCUT2D eigenvalue weighted by Crippen LogP contribution is 2.29. The minimum absolute atomic E-state index is 0.545. The lowest BCUT2D eigenvalue weighted by molar-refractivity contribution is 0.344. The van der Waals surface area contributed by atoms with E-state index in [4.69, 9.17) is 15.3 Å². The van der Waals surface area contributed by atoms with Crippen molar-refractivity contribution in [1.29, 1.82) is 0 Å². The molecule has 25 heavy (non-hydrogen) atoms. The molecular weight excluding hydrogens is 404 g/mol. The first-order valence-corrected chi connectivity index (χ1v) is 9.32. The Morgan fingerprint density at radius 3 is 2.64 bits per heavy atom. The summed E-state index contributed by atoms with van der Waals surface area (Å²) >= 11 is 4.88. The number of rotatable bonds is 7. The predicted molar refractivity (Wildman–Crippen MR) is 103 cm³/mol. The summed E-state index contributed by atoms with van der Waals surface area (Å²) in [4.78, 5) is 0. The minimum atomic E-state index is 0.545. The molecule has 8 heteroatoms. The van der Waals surface area contributed by atoms with E-state index < -0.39 is 0 Å². The Labute approximate surface area is 158 Å². The van der Waals surface area contributed by atoms with Gasteiger partial charge >= 0.3 is 0 Å². The average Bonchev–Trinajstić information content (AvgIpc) is 3.00. The molecule has 0 bridgehead atoms. The van der Waals surface area contributed by atoms with Gasteiger partial charge in [0.15, 0.2) is 5.82 Å². The van der Waals surface area contributed by atoms with Gasteiger partial charge in [-0.05, 0) is 36.4 Å². The van der Waals surface area contributed by atoms with Crippen molar-refractivity contribution in [2.24, 2.45) is 0 Å². The molecule has 0 unspecified atom stereocenters. The number of nitrogens with zero attached hydrogens (tertiary/aromatic N) is 3. The summed E-state index contributed by atoms with van der Waals surface area (Å²) in [5.41, 5.74) is 0.804. The third-order valence-electron chi connectivity index (χ3n) is 3.41. The van der Waals surface area contributed by atoms with Gasteiger partial charge in [0, 0.05) is 10.2 Å². The lowest BCUT2D eigenvalue weighted by atomic mass is 10.2. The summed E-state index contributed by atoms with van der Waals surface area (Å²) in [6, 6.07) is 15.3. The number of hydrogen-bond donors (Lipinski definition) is 1. The topological polar surface area (TPSA) is 75.2 Å². The van der Waals surface area contributed by atoms with Crippen LogP contribution < -0.4 is 15.3 Å². The van der Waals surface area contributed by atoms with Crippen molar-refractivity contribution in [1.82, 2.24) is 14.9 Å². The maximum atomic E-state index is 6.14. The molecule has 0 saturated carbocycles. The van der Waals surface area contributed by atoms with Gasteiger partial charge in [-0.2, -0.15) is 0 Å². The lowest BCUT2D eigenvalue weighted by Gasteiger charge is -2.08. The molecule has 0 fully saturated rings. The fourth-order valence-electron chi connectivity index (χ4n) is 2.21. The Morgan fingerprint density at radius 1 is 1.12 bits per heavy atom. The number of ether oxygens (including phenoxy) is 2. The van der Waals surface area contributed by atoms with Crippen LogP contribution in [0.5, 0.6) is 11.5 Å². The monoisotopic (exact) mass is 420 g/mol. The summed E-state index contributed by atoms with van der Waals surface area (Å²) in [6.07, 6.45) is 0. The molecule has 0 aliphatic rings. The maximum Gasteiger partial charge on any atom is 0.210 e. The van der Waals surface area contributed by atoms with Crippen molar-refractivity contribution in [3.05, 3.63) is 53.0 Å². The van der Waals surface area contributed by atoms with Gasteiger partial charge in [0.25, 0.3) is 0 Å². The molecule has 2 N–H and O–H groups in total. The summed E-state index contributed by atoms with van der Waals surface area (Å²) in [6.45, 7) is 0.545. The first kappa shape index (κ1) is 17.6. The fraction of sp³-hybridized carbons (Fsp3) is 0.176. The van der Waals surface area contributed by atoms with Crippen LogP contribution >= 0.6 is 27.7 Å². The molecule has 6 nitrogen and oxygen atoms in total. The van der Waals surface area contributed by atoms with Crippen molar-refractivity contribution in [2.45, 2.75) is 5.16 Å². The van der Waals surface area contributed by atoms with Gasteiger partial charge in [-0.3, -0.25) is 0 Å². The van der Waals surface area contributed by atoms with E-state index in [0.717, 1.165) is 15.8 Å². The van der Waals surface area contributed by atoms with Crippen molar-refractivity contribution >= 4 is 27.7 Å². The largest absolute Gasteiger partial charge is 0.496 e. The van der Waals surface area contributed by atoms with E-state index in [1.807, 2.05) is 48.5 Å². The smallest absolute Gasteiger partial charge is 0.210 e. The van der Waals surface area contributed by atoms with Crippen LogP contribution in [-0.4, -0.2) is 34.3 Å². The zero-order valence-electron chi connectivity index (χ0n) is 13.6. The third-order valence-corrected chi connectivity index (χ3v) is 4.85. The Hall–Kier alpha value is -2.19. The highest BCUT2D eigenvalue weighted by atomic mass is 79.9. The molecule has 3 aromatic rings. The minimum Gasteiger partial charge on any atom is -0.496 e. The van der Waals surface area contributed by atoms with Gasteiger partial charge in [0.2, 0.25) is 5.16 Å². The molecule has 0 radical (unpaired) electrons. The Bertz CT molecular complexity index is 839. The molecule has 0 saturated heterocycles. The lowest BCUT2D eigenvalue weighted by Crippen LogP contribution is -2.12. The molecule has 2 aromatic carbocycles. The molecule has 1 aromatic heterocycles. The zero-order valence-corrected chi connectivity index (χ0v) is 16.0. The van der Waals surface area contributed by atoms with Crippen molar-refractivity contribution in [3.63, 3.8) is 0 Å². The number of hydrogen-bond acceptors (Lipinski definition) is 6. The average molecular weight is 421 g/mol. The second kappa shape index (κ2) is 8.26. The summed E-state index contributed by atoms with van der Waals surface area (Å²) < 4.78 is 13.5. The Morgan fingerprint density at radius 2 is 1.88 bits per heavy atom. The number of halogens is 1. The van der Waals surface area contributed by atoms with Gasteiger partial charge in [0.05, 0.1) is 19.3 Å². The standard InChI is InChI=1S/C17H17BrN4O2S/c1-23-15-5-3-2-4-14(15)16-20-21-17(22(16)19)25-11-10-24-13-8-6-12(18)7-9-13/h2-9H,10-11,19H2,1H3. The molecule has 0 aliphatic heterocycles. The predicted octanol–water partition coefficient (Wildman–Crippen LogP) is 3.60. The van der Waals surface area contributed by atoms with Crippen LogP contribution in [0.2, 0.25) is 0 Å². The number of aromatic nitrogens is 3. The van der Waals surface area contributed by atoms with E-state index in [0.29, 0.717) is 29.1 Å². The first-order valence-electron chi connectivity index (χ1n) is 7.54. The molecule has 0 atom stereocenters. The maximum absolute atomic E-state index is 6.14. The molecular formula is C17H17BrN4O2S. The molecule has 0 amide bonds. The van der Waals surface area contributed by atoms with Crippen LogP contribution in [0.1, 0.15) is 0 Å². The number of methoxy groups -OCH3 is 1. The van der Waals surface area contributed by atoms with Gasteiger partial charge < -0.3 is 15.3 Å². The van der Waals surface area contributed by atoms with Crippen LogP contribution in [0.4, 0.5) is 0 Å². The Balaban J connectivity index is 1.61. The van der Waals surface area contributed by atoms with Crippen LogP contribution in [0.3, 0.4) is 0 Å². The SMILES string of the molecule is COc1ccccc1-c1nnc(SCCOc2ccc(Br)cc2)n1N. The molecule has 0 aliphatic carbocycles. The first-order chi connectivity index (χ1) is 12.2. The van der Waals surface area contributed by atoms with Gasteiger partial charge in [-0.1, -0.05) is 39.8 Å². The van der Waals surface area contributed by atoms with Gasteiger partial charge in [-0.15, -0.1) is 10.2 Å². The highest BCUT2D eigenvalue weighted by molar-refractivity contribution is 9.10. The van der Waals surface area contributed by atoms with E-state index in [-0.39, 0.29) is 0 Å². The summed E-state index contributed by atoms with van der Waals surface area (Å²) in [5, 5.41) is 8.96. The summed E-state index contributed by atoms with van der Waals surface area (Å²) in [7, 11) is 1.62. The number of benzene rings is 2. The van der Waals surface area contributed by atoms with Crippen LogP contribution in [0.25, 0.3) is 11.4 Å². The van der Waals surface area contributed by atoms with Crippen molar-refractivity contribution in [2.75, 3.05) is 25.3 Å². The molecule has 130 valence electrons. The van der Waals surface area contributed by atoms with E-state index in [1.165, 1.54) is 16.4 Å². The Kier molecular flexibility index (Phi) is 5.83. The normalized spacial score (nSPS) is 10.6. The van der Waals surface area contributed by atoms with Crippen molar-refractivity contribution in [3.8, 4) is 22.9 Å². The fourth-order valence-corrected chi connectivity index (χ4v) is 3.15. The van der Waals surface area contributed by atoms with E-state index in [9.17, 15) is 0 Å². The van der Waals surface area contributed by atoms with E-state index in [1.54, 1.807) is 7.11 Å². The quantitative estimate of drug-likeness (QED) is 0.357. The van der Waals surface area contributed by atoms with Crippen LogP contribution in [0.15, 0.2) is 58.2 Å². The van der Waals surface area contributed by atoms with Crippen LogP contribution in [-0.2, 0) is 0 Å². The van der Waals surface area contributed by atoms with Crippen LogP contribution in [0, 0.1) is 0 Å². The zero-order chi connectivity index (χ0) is 17.6. The number of nitrogens with two attached hydrogens (primary N) is 1. The second-order valence-corrected chi connectivity index (χ2v) is 7.01. The summed E-state index contributed by atoms with van der Waals surface area (Å²) in [5.74, 6) is 8.94. The van der Waals surface area contributed by atoms with E-state index in [2.05, 4.69) is 26.1 Å². The van der Waals surface area contributed by atoms with E-state index >= 15 is 0 Å². The molecule has 3 rings (SSSR count).